The summed E-state index contributed by atoms with van der Waals surface area (Å²) < 4.78 is 45.3. The fraction of sp³-hybridized carbons (Fsp3) is 0.444. The molecule has 0 unspecified atom stereocenters. The molecule has 1 aromatic heterocycles. The first-order chi connectivity index (χ1) is 23.7. The largest absolute Gasteiger partial charge is 0.497 e. The van der Waals surface area contributed by atoms with Crippen LogP contribution >= 0.6 is 0 Å². The van der Waals surface area contributed by atoms with Crippen LogP contribution in [0.2, 0.25) is 0 Å². The van der Waals surface area contributed by atoms with Crippen LogP contribution in [-0.2, 0) is 24.3 Å². The van der Waals surface area contributed by atoms with Crippen molar-refractivity contribution in [3.05, 3.63) is 66.7 Å². The Bertz CT molecular complexity index is 1900. The first-order valence-electron chi connectivity index (χ1n) is 16.9. The number of allylic oxidation sites excluding steroid dienone is 1. The minimum absolute atomic E-state index is 0.0656. The molecule has 7 rings (SSSR count). The average molecular weight is 689 g/mol. The molecule has 2 aromatic carbocycles. The maximum Gasteiger partial charge on any atom is 0.410 e. The van der Waals surface area contributed by atoms with E-state index >= 15 is 0 Å². The summed E-state index contributed by atoms with van der Waals surface area (Å²) in [4.78, 5) is 47.3. The lowest BCUT2D eigenvalue weighted by Gasteiger charge is -2.26. The summed E-state index contributed by atoms with van der Waals surface area (Å²) in [7, 11) is -2.25. The number of sulfonamides is 1. The Morgan fingerprint density at radius 3 is 2.67 bits per heavy atom. The van der Waals surface area contributed by atoms with E-state index in [-0.39, 0.29) is 31.9 Å². The third kappa shape index (κ3) is 6.94. The average Bonchev–Trinajstić information content (AvgIpc) is 4.02. The number of hydrogen-bond donors (Lipinski definition) is 2. The van der Waals surface area contributed by atoms with Crippen LogP contribution < -0.4 is 19.5 Å². The normalized spacial score (nSPS) is 26.0. The summed E-state index contributed by atoms with van der Waals surface area (Å²) >= 11 is 0. The number of pyridine rings is 1. The van der Waals surface area contributed by atoms with Crippen LogP contribution in [0.1, 0.15) is 51.4 Å². The molecule has 0 spiro atoms. The lowest BCUT2D eigenvalue weighted by Crippen LogP contribution is -2.56. The lowest BCUT2D eigenvalue weighted by molar-refractivity contribution is -0.131. The van der Waals surface area contributed by atoms with Crippen LogP contribution in [0.4, 0.5) is 4.79 Å². The summed E-state index contributed by atoms with van der Waals surface area (Å²) in [5.41, 5.74) is 0.792. The SMILES string of the molecule is COc1ccc2c(O[C@@H]3C[C@H]4C(=O)N[C@]5(C(=O)NS(=O)(=O)C6CC6)C[C@H]5C=CCCCCCOC(=O)N4C3)cc(-c3ccccc3)nc2c1. The molecule has 4 aliphatic rings. The molecular weight excluding hydrogens is 648 g/mol. The van der Waals surface area contributed by atoms with Gasteiger partial charge in [0.1, 0.15) is 29.2 Å². The second kappa shape index (κ2) is 13.3. The molecule has 2 aliphatic carbocycles. The highest BCUT2D eigenvalue weighted by Crippen LogP contribution is 2.46. The number of rotatable bonds is 7. The lowest BCUT2D eigenvalue weighted by atomic mass is 10.1. The van der Waals surface area contributed by atoms with Gasteiger partial charge in [0, 0.05) is 35.4 Å². The van der Waals surface area contributed by atoms with Gasteiger partial charge in [-0.1, -0.05) is 42.5 Å². The summed E-state index contributed by atoms with van der Waals surface area (Å²) in [5, 5.41) is 3.01. The highest BCUT2D eigenvalue weighted by molar-refractivity contribution is 7.91. The van der Waals surface area contributed by atoms with Crippen molar-refractivity contribution in [1.29, 1.82) is 0 Å². The Morgan fingerprint density at radius 1 is 1.08 bits per heavy atom. The molecule has 4 atom stereocenters. The summed E-state index contributed by atoms with van der Waals surface area (Å²) in [6, 6.07) is 16.0. The minimum atomic E-state index is -3.84. The van der Waals surface area contributed by atoms with Crippen LogP contribution in [0.15, 0.2) is 66.7 Å². The van der Waals surface area contributed by atoms with Crippen molar-refractivity contribution in [2.24, 2.45) is 5.92 Å². The number of aromatic nitrogens is 1. The van der Waals surface area contributed by atoms with E-state index in [1.165, 1.54) is 4.90 Å². The second-order valence-electron chi connectivity index (χ2n) is 13.2. The van der Waals surface area contributed by atoms with Gasteiger partial charge in [-0.25, -0.2) is 18.2 Å². The second-order valence-corrected chi connectivity index (χ2v) is 15.2. The zero-order valence-corrected chi connectivity index (χ0v) is 28.1. The Kier molecular flexibility index (Phi) is 8.95. The number of methoxy groups -OCH3 is 1. The highest BCUT2D eigenvalue weighted by Gasteiger charge is 2.62. The maximum atomic E-state index is 14.1. The van der Waals surface area contributed by atoms with Crippen LogP contribution in [0, 0.1) is 5.92 Å². The number of nitrogens with zero attached hydrogens (tertiary/aromatic N) is 2. The zero-order valence-electron chi connectivity index (χ0n) is 27.3. The summed E-state index contributed by atoms with van der Waals surface area (Å²) in [6.45, 7) is 0.278. The molecule has 3 aromatic rings. The van der Waals surface area contributed by atoms with Gasteiger partial charge >= 0.3 is 6.09 Å². The highest BCUT2D eigenvalue weighted by atomic mass is 32.2. The van der Waals surface area contributed by atoms with E-state index in [9.17, 15) is 22.8 Å². The van der Waals surface area contributed by atoms with Crippen molar-refractivity contribution in [2.75, 3.05) is 20.3 Å². The van der Waals surface area contributed by atoms with E-state index in [1.54, 1.807) is 7.11 Å². The standard InChI is InChI=1S/C36H40N4O8S/c1-46-25-13-16-28-30(18-25)37-29(23-10-6-5-7-11-23)20-32(28)48-26-19-31-33(41)38-36(34(42)39-49(44,45)27-14-15-27)21-24(36)12-8-3-2-4-9-17-47-35(43)40(31)22-26/h5-8,10-13,16,18,20,24,26-27,31H,2-4,9,14-15,17,19,21-22H2,1H3,(H,38,41)(H,39,42)/t24-,26-,31+,36-/m1/s1. The van der Waals surface area contributed by atoms with Crippen molar-refractivity contribution < 1.29 is 37.0 Å². The zero-order chi connectivity index (χ0) is 34.2. The van der Waals surface area contributed by atoms with Crippen LogP contribution in [0.3, 0.4) is 0 Å². The van der Waals surface area contributed by atoms with Crippen molar-refractivity contribution in [3.8, 4) is 22.8 Å². The molecule has 12 nitrogen and oxygen atoms in total. The smallest absolute Gasteiger partial charge is 0.410 e. The van der Waals surface area contributed by atoms with Gasteiger partial charge in [0.05, 0.1) is 36.7 Å². The van der Waals surface area contributed by atoms with Crippen LogP contribution in [0.25, 0.3) is 22.2 Å². The van der Waals surface area contributed by atoms with E-state index in [0.717, 1.165) is 30.2 Å². The first kappa shape index (κ1) is 32.9. The van der Waals surface area contributed by atoms with Gasteiger partial charge in [-0.05, 0) is 57.1 Å². The number of carbonyl (C=O) groups excluding carboxylic acids is 3. The Hall–Kier alpha value is -4.65. The van der Waals surface area contributed by atoms with Crippen LogP contribution in [0.5, 0.6) is 11.5 Å². The monoisotopic (exact) mass is 688 g/mol. The van der Waals surface area contributed by atoms with Gasteiger partial charge in [0.15, 0.2) is 0 Å². The molecule has 258 valence electrons. The van der Waals surface area contributed by atoms with Gasteiger partial charge in [-0.2, -0.15) is 0 Å². The predicted molar refractivity (Wildman–Crippen MR) is 181 cm³/mol. The van der Waals surface area contributed by atoms with E-state index in [1.807, 2.05) is 66.7 Å². The molecular formula is C36H40N4O8S. The molecule has 2 aliphatic heterocycles. The third-order valence-corrected chi connectivity index (χ3v) is 11.5. The number of benzene rings is 2. The third-order valence-electron chi connectivity index (χ3n) is 9.72. The van der Waals surface area contributed by atoms with Crippen molar-refractivity contribution >= 4 is 38.8 Å². The summed E-state index contributed by atoms with van der Waals surface area (Å²) in [6.07, 6.45) is 7.12. The van der Waals surface area contributed by atoms with Crippen molar-refractivity contribution in [3.63, 3.8) is 0 Å². The molecule has 2 saturated carbocycles. The summed E-state index contributed by atoms with van der Waals surface area (Å²) in [5.74, 6) is -0.526. The Labute approximate surface area is 285 Å². The van der Waals surface area contributed by atoms with Crippen molar-refractivity contribution in [2.45, 2.75) is 74.3 Å². The quantitative estimate of drug-likeness (QED) is 0.342. The predicted octanol–water partition coefficient (Wildman–Crippen LogP) is 4.48. The van der Waals surface area contributed by atoms with Gasteiger partial charge < -0.3 is 19.5 Å². The van der Waals surface area contributed by atoms with Crippen LogP contribution in [-0.4, -0.2) is 79.4 Å². The van der Waals surface area contributed by atoms with Gasteiger partial charge in [-0.3, -0.25) is 19.2 Å². The van der Waals surface area contributed by atoms with E-state index in [2.05, 4.69) is 10.0 Å². The number of cyclic esters (lactones) is 1. The number of amides is 3. The van der Waals surface area contributed by atoms with Gasteiger partial charge in [0.2, 0.25) is 15.9 Å². The number of carbonyl (C=O) groups is 3. The molecule has 13 heteroatoms. The number of nitrogens with one attached hydrogen (secondary N) is 2. The van der Waals surface area contributed by atoms with Crippen molar-refractivity contribution in [1.82, 2.24) is 19.9 Å². The number of ether oxygens (including phenoxy) is 3. The molecule has 3 amide bonds. The fourth-order valence-electron chi connectivity index (χ4n) is 6.68. The number of fused-ring (bicyclic) bond motifs is 3. The number of hydrogen-bond acceptors (Lipinski definition) is 9. The minimum Gasteiger partial charge on any atom is -0.497 e. The first-order valence-corrected chi connectivity index (χ1v) is 18.4. The molecule has 3 heterocycles. The van der Waals surface area contributed by atoms with E-state index < -0.39 is 50.9 Å². The van der Waals surface area contributed by atoms with E-state index in [4.69, 9.17) is 19.2 Å². The van der Waals surface area contributed by atoms with Gasteiger partial charge in [-0.15, -0.1) is 0 Å². The molecule has 0 radical (unpaired) electrons. The van der Waals surface area contributed by atoms with E-state index in [0.29, 0.717) is 42.0 Å². The Balaban J connectivity index is 1.18. The topological polar surface area (TPSA) is 153 Å². The van der Waals surface area contributed by atoms with Gasteiger partial charge in [0.25, 0.3) is 5.91 Å². The maximum absolute atomic E-state index is 14.1. The fourth-order valence-corrected chi connectivity index (χ4v) is 8.04. The molecule has 2 N–H and O–H groups in total. The molecule has 0 bridgehead atoms. The Morgan fingerprint density at radius 2 is 1.90 bits per heavy atom. The molecule has 1 saturated heterocycles. The molecule has 49 heavy (non-hydrogen) atoms. The molecule has 3 fully saturated rings.